The van der Waals surface area contributed by atoms with Crippen molar-refractivity contribution in [3.63, 3.8) is 0 Å². The first kappa shape index (κ1) is 12.5. The zero-order chi connectivity index (χ0) is 14.1. The average Bonchev–Trinajstić information content (AvgIpc) is 2.93. The van der Waals surface area contributed by atoms with Gasteiger partial charge in [-0.25, -0.2) is 9.78 Å². The maximum absolute atomic E-state index is 10.8. The number of hydrogen-bond acceptors (Lipinski definition) is 3. The molecule has 0 aliphatic heterocycles. The third-order valence-corrected chi connectivity index (χ3v) is 3.22. The molecule has 0 bridgehead atoms. The van der Waals surface area contributed by atoms with Crippen LogP contribution in [0, 0.1) is 0 Å². The number of aromatic nitrogens is 2. The van der Waals surface area contributed by atoms with E-state index in [1.807, 2.05) is 6.07 Å². The predicted molar refractivity (Wildman–Crippen MR) is 76.9 cm³/mol. The van der Waals surface area contributed by atoms with Gasteiger partial charge >= 0.3 is 5.97 Å². The largest absolute Gasteiger partial charge is 0.478 e. The number of nitrogens with one attached hydrogen (secondary N) is 1. The van der Waals surface area contributed by atoms with Crippen molar-refractivity contribution in [2.75, 3.05) is 5.32 Å². The minimum atomic E-state index is -0.946. The maximum Gasteiger partial charge on any atom is 0.335 e. The summed E-state index contributed by atoms with van der Waals surface area (Å²) in [4.78, 5) is 15.0. The highest BCUT2D eigenvalue weighted by Crippen LogP contribution is 2.24. The van der Waals surface area contributed by atoms with Gasteiger partial charge in [-0.1, -0.05) is 11.6 Å². The van der Waals surface area contributed by atoms with E-state index in [0.717, 1.165) is 11.4 Å². The monoisotopic (exact) mass is 287 g/mol. The summed E-state index contributed by atoms with van der Waals surface area (Å²) in [5.41, 5.74) is 2.53. The Balaban J connectivity index is 1.95. The summed E-state index contributed by atoms with van der Waals surface area (Å²) in [7, 11) is 0. The van der Waals surface area contributed by atoms with Crippen LogP contribution in [-0.4, -0.2) is 20.5 Å². The number of rotatable bonds is 3. The van der Waals surface area contributed by atoms with E-state index in [9.17, 15) is 4.79 Å². The summed E-state index contributed by atoms with van der Waals surface area (Å²) in [5, 5.41) is 12.6. The van der Waals surface area contributed by atoms with Crippen molar-refractivity contribution in [3.8, 4) is 0 Å². The quantitative estimate of drug-likeness (QED) is 0.724. The van der Waals surface area contributed by atoms with Crippen molar-refractivity contribution in [2.45, 2.75) is 0 Å². The van der Waals surface area contributed by atoms with Gasteiger partial charge in [-0.2, -0.15) is 0 Å². The Labute approximate surface area is 119 Å². The molecule has 0 saturated heterocycles. The molecule has 1 aromatic carbocycles. The number of hydrogen-bond donors (Lipinski definition) is 2. The van der Waals surface area contributed by atoms with Crippen LogP contribution in [-0.2, 0) is 0 Å². The highest BCUT2D eigenvalue weighted by atomic mass is 35.5. The van der Waals surface area contributed by atoms with Gasteiger partial charge in [0.05, 0.1) is 11.3 Å². The molecule has 0 aliphatic carbocycles. The molecule has 3 rings (SSSR count). The smallest absolute Gasteiger partial charge is 0.335 e. The number of aromatic carboxylic acids is 1. The van der Waals surface area contributed by atoms with Crippen LogP contribution < -0.4 is 5.32 Å². The van der Waals surface area contributed by atoms with Gasteiger partial charge in [-0.15, -0.1) is 0 Å². The lowest BCUT2D eigenvalue weighted by Gasteiger charge is -2.09. The molecule has 0 aliphatic rings. The summed E-state index contributed by atoms with van der Waals surface area (Å²) >= 11 is 6.06. The number of carbonyl (C=O) groups is 1. The Bertz CT molecular complexity index is 781. The van der Waals surface area contributed by atoms with E-state index in [1.165, 1.54) is 0 Å². The molecule has 6 heteroatoms. The summed E-state index contributed by atoms with van der Waals surface area (Å²) in [6.07, 6.45) is 3.44. The number of benzene rings is 1. The lowest BCUT2D eigenvalue weighted by molar-refractivity contribution is 0.0697. The average molecular weight is 288 g/mol. The third-order valence-electron chi connectivity index (χ3n) is 2.91. The molecule has 0 unspecified atom stereocenters. The fourth-order valence-corrected chi connectivity index (χ4v) is 2.13. The summed E-state index contributed by atoms with van der Waals surface area (Å²) < 4.78 is 1.76. The lowest BCUT2D eigenvalue weighted by atomic mass is 10.2. The van der Waals surface area contributed by atoms with Crippen LogP contribution in [0.2, 0.25) is 5.15 Å². The minimum Gasteiger partial charge on any atom is -0.478 e. The van der Waals surface area contributed by atoms with Gasteiger partial charge in [0.25, 0.3) is 0 Å². The summed E-state index contributed by atoms with van der Waals surface area (Å²) in [6.45, 7) is 0. The fraction of sp³-hybridized carbons (Fsp3) is 0. The van der Waals surface area contributed by atoms with E-state index in [0.29, 0.717) is 10.8 Å². The zero-order valence-electron chi connectivity index (χ0n) is 10.2. The molecule has 5 nitrogen and oxygen atoms in total. The number of carboxylic acid groups (broad SMARTS) is 1. The second-order valence-corrected chi connectivity index (χ2v) is 4.59. The van der Waals surface area contributed by atoms with Crippen molar-refractivity contribution in [1.29, 1.82) is 0 Å². The van der Waals surface area contributed by atoms with Crippen molar-refractivity contribution in [3.05, 3.63) is 59.5 Å². The first-order valence-corrected chi connectivity index (χ1v) is 6.25. The number of fused-ring (bicyclic) bond motifs is 1. The minimum absolute atomic E-state index is 0.248. The molecule has 0 fully saturated rings. The molecule has 100 valence electrons. The van der Waals surface area contributed by atoms with E-state index < -0.39 is 5.97 Å². The number of imidazole rings is 1. The third kappa shape index (κ3) is 2.19. The molecular weight excluding hydrogens is 278 g/mol. The Morgan fingerprint density at radius 2 is 1.95 bits per heavy atom. The van der Waals surface area contributed by atoms with E-state index in [1.54, 1.807) is 47.1 Å². The van der Waals surface area contributed by atoms with Gasteiger partial charge in [0.2, 0.25) is 0 Å². The normalized spacial score (nSPS) is 10.7. The Kier molecular flexibility index (Phi) is 3.04. The standard InChI is InChI=1S/C14H10ClN3O2/c15-12-6-5-11(13-16-7-8-18(12)13)17-10-3-1-9(2-4-10)14(19)20/h1-8,17H,(H,19,20). The van der Waals surface area contributed by atoms with Gasteiger partial charge in [0.1, 0.15) is 5.15 Å². The molecule has 2 N–H and O–H groups in total. The molecule has 20 heavy (non-hydrogen) atoms. The maximum atomic E-state index is 10.8. The number of nitrogens with zero attached hydrogens (tertiary/aromatic N) is 2. The van der Waals surface area contributed by atoms with Gasteiger partial charge in [0, 0.05) is 18.1 Å². The molecule has 0 saturated carbocycles. The van der Waals surface area contributed by atoms with E-state index in [-0.39, 0.29) is 5.56 Å². The van der Waals surface area contributed by atoms with Crippen molar-refractivity contribution < 1.29 is 9.90 Å². The van der Waals surface area contributed by atoms with E-state index in [2.05, 4.69) is 10.3 Å². The van der Waals surface area contributed by atoms with Gasteiger partial charge in [-0.3, -0.25) is 4.40 Å². The van der Waals surface area contributed by atoms with Gasteiger partial charge in [-0.05, 0) is 36.4 Å². The second kappa shape index (κ2) is 4.86. The topological polar surface area (TPSA) is 66.6 Å². The zero-order valence-corrected chi connectivity index (χ0v) is 11.0. The molecule has 0 amide bonds. The van der Waals surface area contributed by atoms with Crippen molar-refractivity contribution >= 4 is 34.6 Å². The van der Waals surface area contributed by atoms with Gasteiger partial charge < -0.3 is 10.4 Å². The lowest BCUT2D eigenvalue weighted by Crippen LogP contribution is -1.98. The SMILES string of the molecule is O=C(O)c1ccc(Nc2ccc(Cl)n3ccnc23)cc1. The summed E-state index contributed by atoms with van der Waals surface area (Å²) in [6, 6.07) is 10.1. The molecule has 0 spiro atoms. The van der Waals surface area contributed by atoms with Crippen molar-refractivity contribution in [2.24, 2.45) is 0 Å². The Hall–Kier alpha value is -2.53. The Morgan fingerprint density at radius 1 is 1.20 bits per heavy atom. The fourth-order valence-electron chi connectivity index (χ4n) is 1.93. The second-order valence-electron chi connectivity index (χ2n) is 4.20. The first-order valence-electron chi connectivity index (χ1n) is 5.87. The van der Waals surface area contributed by atoms with Crippen LogP contribution in [0.15, 0.2) is 48.8 Å². The summed E-state index contributed by atoms with van der Waals surface area (Å²) in [5.74, 6) is -0.946. The molecule has 0 atom stereocenters. The van der Waals surface area contributed by atoms with Gasteiger partial charge in [0.15, 0.2) is 5.65 Å². The van der Waals surface area contributed by atoms with Crippen LogP contribution in [0.4, 0.5) is 11.4 Å². The van der Waals surface area contributed by atoms with Crippen molar-refractivity contribution in [1.82, 2.24) is 9.38 Å². The molecule has 2 heterocycles. The number of anilines is 2. The number of pyridine rings is 1. The highest BCUT2D eigenvalue weighted by molar-refractivity contribution is 6.29. The number of halogens is 1. The first-order chi connectivity index (χ1) is 9.65. The van der Waals surface area contributed by atoms with Crippen LogP contribution in [0.25, 0.3) is 5.65 Å². The van der Waals surface area contributed by atoms with Crippen LogP contribution in [0.3, 0.4) is 0 Å². The Morgan fingerprint density at radius 3 is 2.65 bits per heavy atom. The van der Waals surface area contributed by atoms with E-state index in [4.69, 9.17) is 16.7 Å². The van der Waals surface area contributed by atoms with E-state index >= 15 is 0 Å². The highest BCUT2D eigenvalue weighted by Gasteiger charge is 2.06. The molecule has 2 aromatic heterocycles. The molecular formula is C14H10ClN3O2. The van der Waals surface area contributed by atoms with Crippen LogP contribution in [0.5, 0.6) is 0 Å². The van der Waals surface area contributed by atoms with Crippen LogP contribution in [0.1, 0.15) is 10.4 Å². The predicted octanol–water partition coefficient (Wildman–Crippen LogP) is 3.43. The van der Waals surface area contributed by atoms with Crippen LogP contribution >= 0.6 is 11.6 Å². The molecule has 3 aromatic rings. The molecule has 0 radical (unpaired) electrons. The number of carboxylic acids is 1.